The highest BCUT2D eigenvalue weighted by Crippen LogP contribution is 2.14. The Morgan fingerprint density at radius 2 is 1.17 bits per heavy atom. The van der Waals surface area contributed by atoms with Gasteiger partial charge in [0, 0.05) is 0 Å². The predicted octanol–water partition coefficient (Wildman–Crippen LogP) is 6.97. The summed E-state index contributed by atoms with van der Waals surface area (Å²) in [5, 5.41) is 0. The minimum Gasteiger partial charge on any atom is -0.462 e. The van der Waals surface area contributed by atoms with Crippen LogP contribution in [0.1, 0.15) is 112 Å². The highest BCUT2D eigenvalue weighted by molar-refractivity contribution is 6.03. The van der Waals surface area contributed by atoms with Gasteiger partial charge in [0.25, 0.3) is 0 Å². The summed E-state index contributed by atoms with van der Waals surface area (Å²) >= 11 is 0. The van der Waals surface area contributed by atoms with E-state index < -0.39 is 11.9 Å². The van der Waals surface area contributed by atoms with Crippen molar-refractivity contribution in [3.05, 3.63) is 35.4 Å². The fraction of sp³-hybridized carbons (Fsp3) is 0.680. The van der Waals surface area contributed by atoms with Gasteiger partial charge >= 0.3 is 11.9 Å². The van der Waals surface area contributed by atoms with Gasteiger partial charge in [-0.15, -0.1) is 0 Å². The van der Waals surface area contributed by atoms with Gasteiger partial charge in [-0.25, -0.2) is 9.59 Å². The van der Waals surface area contributed by atoms with Crippen molar-refractivity contribution in [1.82, 2.24) is 0 Å². The van der Waals surface area contributed by atoms with E-state index in [1.165, 1.54) is 38.5 Å². The van der Waals surface area contributed by atoms with E-state index in [-0.39, 0.29) is 0 Å². The van der Waals surface area contributed by atoms with E-state index in [0.717, 1.165) is 38.0 Å². The maximum absolute atomic E-state index is 12.4. The Bertz CT molecular complexity index is 580. The van der Waals surface area contributed by atoms with Gasteiger partial charge in [0.15, 0.2) is 0 Å². The molecule has 0 aromatic heterocycles. The summed E-state index contributed by atoms with van der Waals surface area (Å²) in [6, 6.07) is 6.75. The zero-order valence-electron chi connectivity index (χ0n) is 18.7. The number of esters is 2. The first kappa shape index (κ1) is 25.2. The van der Waals surface area contributed by atoms with E-state index in [1.54, 1.807) is 24.3 Å². The Kier molecular flexibility index (Phi) is 13.9. The van der Waals surface area contributed by atoms with Crippen molar-refractivity contribution in [2.24, 2.45) is 5.92 Å². The van der Waals surface area contributed by atoms with Crippen LogP contribution in [0.5, 0.6) is 0 Å². The number of benzene rings is 1. The summed E-state index contributed by atoms with van der Waals surface area (Å²) < 4.78 is 10.7. The second-order valence-corrected chi connectivity index (χ2v) is 8.18. The number of ether oxygens (including phenoxy) is 2. The van der Waals surface area contributed by atoms with Crippen molar-refractivity contribution in [3.8, 4) is 0 Å². The lowest BCUT2D eigenvalue weighted by Crippen LogP contribution is -2.15. The lowest BCUT2D eigenvalue weighted by Gasteiger charge is -2.10. The van der Waals surface area contributed by atoms with E-state index in [9.17, 15) is 9.59 Å². The molecular formula is C25H40O4. The molecule has 0 spiro atoms. The summed E-state index contributed by atoms with van der Waals surface area (Å²) in [5.41, 5.74) is 0.584. The van der Waals surface area contributed by atoms with Crippen molar-refractivity contribution in [2.45, 2.75) is 91.4 Å². The lowest BCUT2D eigenvalue weighted by molar-refractivity contribution is 0.0450. The molecule has 1 aromatic rings. The number of carbonyl (C=O) groups is 2. The number of rotatable bonds is 16. The quantitative estimate of drug-likeness (QED) is 0.220. The predicted molar refractivity (Wildman–Crippen MR) is 118 cm³/mol. The maximum atomic E-state index is 12.4. The average Bonchev–Trinajstić information content (AvgIpc) is 2.71. The van der Waals surface area contributed by atoms with Crippen LogP contribution in [-0.4, -0.2) is 25.2 Å². The van der Waals surface area contributed by atoms with Gasteiger partial charge < -0.3 is 9.47 Å². The van der Waals surface area contributed by atoms with Gasteiger partial charge in [-0.05, 0) is 30.9 Å². The third-order valence-electron chi connectivity index (χ3n) is 5.01. The van der Waals surface area contributed by atoms with Crippen molar-refractivity contribution < 1.29 is 19.1 Å². The van der Waals surface area contributed by atoms with Crippen LogP contribution >= 0.6 is 0 Å². The molecule has 0 radical (unpaired) electrons. The molecule has 0 saturated heterocycles. The van der Waals surface area contributed by atoms with Crippen LogP contribution in [0.4, 0.5) is 0 Å². The molecule has 4 nitrogen and oxygen atoms in total. The monoisotopic (exact) mass is 404 g/mol. The average molecular weight is 405 g/mol. The van der Waals surface area contributed by atoms with Gasteiger partial charge in [-0.2, -0.15) is 0 Å². The molecule has 0 aliphatic rings. The van der Waals surface area contributed by atoms with Crippen LogP contribution in [0.25, 0.3) is 0 Å². The van der Waals surface area contributed by atoms with Gasteiger partial charge in [0.1, 0.15) is 0 Å². The van der Waals surface area contributed by atoms with Gasteiger partial charge in [-0.3, -0.25) is 0 Å². The number of hydrogen-bond donors (Lipinski definition) is 0. The van der Waals surface area contributed by atoms with Crippen LogP contribution in [0.3, 0.4) is 0 Å². The Labute approximate surface area is 177 Å². The SMILES string of the molecule is CCCCCCCCOC(=O)c1ccccc1C(=O)OCCCCCCC(C)C. The smallest absolute Gasteiger partial charge is 0.339 e. The van der Waals surface area contributed by atoms with Gasteiger partial charge in [-0.1, -0.05) is 90.7 Å². The van der Waals surface area contributed by atoms with Gasteiger partial charge in [0.2, 0.25) is 0 Å². The number of hydrogen-bond acceptors (Lipinski definition) is 4. The lowest BCUT2D eigenvalue weighted by atomic mass is 10.0. The second kappa shape index (κ2) is 16.0. The maximum Gasteiger partial charge on any atom is 0.339 e. The molecule has 0 saturated carbocycles. The molecule has 0 atom stereocenters. The largest absolute Gasteiger partial charge is 0.462 e. The summed E-state index contributed by atoms with van der Waals surface area (Å²) in [6.07, 6.45) is 12.4. The fourth-order valence-electron chi connectivity index (χ4n) is 3.21. The van der Waals surface area contributed by atoms with Gasteiger partial charge in [0.05, 0.1) is 24.3 Å². The molecule has 0 aliphatic heterocycles. The van der Waals surface area contributed by atoms with Crippen molar-refractivity contribution in [3.63, 3.8) is 0 Å². The molecule has 29 heavy (non-hydrogen) atoms. The normalized spacial score (nSPS) is 10.9. The Morgan fingerprint density at radius 3 is 1.66 bits per heavy atom. The van der Waals surface area contributed by atoms with E-state index >= 15 is 0 Å². The molecule has 1 aromatic carbocycles. The number of carbonyl (C=O) groups excluding carboxylic acids is 2. The molecule has 164 valence electrons. The molecule has 0 amide bonds. The molecule has 0 unspecified atom stereocenters. The van der Waals surface area contributed by atoms with E-state index in [0.29, 0.717) is 24.3 Å². The van der Waals surface area contributed by atoms with Crippen LogP contribution in [-0.2, 0) is 9.47 Å². The van der Waals surface area contributed by atoms with Crippen molar-refractivity contribution in [1.29, 1.82) is 0 Å². The molecular weight excluding hydrogens is 364 g/mol. The molecule has 0 N–H and O–H groups in total. The molecule has 0 fully saturated rings. The topological polar surface area (TPSA) is 52.6 Å². The zero-order chi connectivity index (χ0) is 21.3. The Hall–Kier alpha value is -1.84. The summed E-state index contributed by atoms with van der Waals surface area (Å²) in [7, 11) is 0. The molecule has 4 heteroatoms. The highest BCUT2D eigenvalue weighted by Gasteiger charge is 2.18. The summed E-state index contributed by atoms with van der Waals surface area (Å²) in [4.78, 5) is 24.8. The fourth-order valence-corrected chi connectivity index (χ4v) is 3.21. The number of unbranched alkanes of at least 4 members (excludes halogenated alkanes) is 8. The summed E-state index contributed by atoms with van der Waals surface area (Å²) in [5.74, 6) is -0.149. The molecule has 0 heterocycles. The minimum absolute atomic E-state index is 0.292. The molecule has 1 rings (SSSR count). The van der Waals surface area contributed by atoms with Crippen molar-refractivity contribution in [2.75, 3.05) is 13.2 Å². The summed E-state index contributed by atoms with van der Waals surface area (Å²) in [6.45, 7) is 7.44. The van der Waals surface area contributed by atoms with Crippen LogP contribution in [0.2, 0.25) is 0 Å². The second-order valence-electron chi connectivity index (χ2n) is 8.18. The van der Waals surface area contributed by atoms with E-state index in [1.807, 2.05) is 0 Å². The van der Waals surface area contributed by atoms with Crippen LogP contribution < -0.4 is 0 Å². The van der Waals surface area contributed by atoms with E-state index in [2.05, 4.69) is 20.8 Å². The van der Waals surface area contributed by atoms with E-state index in [4.69, 9.17) is 9.47 Å². The molecule has 0 bridgehead atoms. The third kappa shape index (κ3) is 11.7. The first-order valence-corrected chi connectivity index (χ1v) is 11.5. The van der Waals surface area contributed by atoms with Crippen molar-refractivity contribution >= 4 is 11.9 Å². The molecule has 0 aliphatic carbocycles. The highest BCUT2D eigenvalue weighted by atomic mass is 16.5. The standard InChI is InChI=1S/C25H40O4/c1-4-5-6-7-9-14-19-28-24(26)22-17-12-13-18-23(22)25(27)29-20-15-10-8-11-16-21(2)3/h12-13,17-18,21H,4-11,14-16,19-20H2,1-3H3. The Balaban J connectivity index is 2.33. The minimum atomic E-state index is -0.445. The Morgan fingerprint density at radius 1 is 0.724 bits per heavy atom. The zero-order valence-corrected chi connectivity index (χ0v) is 18.7. The first-order chi connectivity index (χ1) is 14.1. The first-order valence-electron chi connectivity index (χ1n) is 11.5. The third-order valence-corrected chi connectivity index (χ3v) is 5.01. The van der Waals surface area contributed by atoms with Crippen LogP contribution in [0, 0.1) is 5.92 Å². The van der Waals surface area contributed by atoms with Crippen LogP contribution in [0.15, 0.2) is 24.3 Å².